The molecule has 142 valence electrons. The number of nitrogens with one attached hydrogen (secondary N) is 1. The maximum absolute atomic E-state index is 8.88. The summed E-state index contributed by atoms with van der Waals surface area (Å²) in [7, 11) is 0. The highest BCUT2D eigenvalue weighted by Gasteiger charge is 2.16. The van der Waals surface area contributed by atoms with Gasteiger partial charge in [0.1, 0.15) is 0 Å². The molecule has 0 bridgehead atoms. The molecule has 0 aliphatic rings. The highest BCUT2D eigenvalue weighted by atomic mass is 79.9. The predicted octanol–water partition coefficient (Wildman–Crippen LogP) is 3.99. The Bertz CT molecular complexity index is 875. The van der Waals surface area contributed by atoms with E-state index >= 15 is 0 Å². The van der Waals surface area contributed by atoms with Gasteiger partial charge in [-0.2, -0.15) is 0 Å². The van der Waals surface area contributed by atoms with Crippen molar-refractivity contribution in [3.63, 3.8) is 0 Å². The number of aromatic nitrogens is 3. The lowest BCUT2D eigenvalue weighted by Gasteiger charge is -2.12. The van der Waals surface area contributed by atoms with Crippen LogP contribution in [0.4, 0.5) is 0 Å². The van der Waals surface area contributed by atoms with Crippen LogP contribution < -0.4 is 5.32 Å². The van der Waals surface area contributed by atoms with Gasteiger partial charge in [0, 0.05) is 28.9 Å². The first-order valence-corrected chi connectivity index (χ1v) is 10.6. The lowest BCUT2D eigenvalue weighted by atomic mass is 10.1. The zero-order valence-electron chi connectivity index (χ0n) is 15.4. The topological polar surface area (TPSA) is 63.0 Å². The van der Waals surface area contributed by atoms with Crippen LogP contribution in [0, 0.1) is 13.8 Å². The quantitative estimate of drug-likeness (QED) is 0.404. The molecule has 0 amide bonds. The Morgan fingerprint density at radius 1 is 1.04 bits per heavy atom. The molecule has 7 heteroatoms. The fraction of sp³-hybridized carbons (Fsp3) is 0.300. The lowest BCUT2D eigenvalue weighted by molar-refractivity contribution is 0.294. The summed E-state index contributed by atoms with van der Waals surface area (Å²) in [5, 5.41) is 21.9. The summed E-state index contributed by atoms with van der Waals surface area (Å²) in [6.45, 7) is 5.77. The van der Waals surface area contributed by atoms with Crippen LogP contribution in [0.1, 0.15) is 11.1 Å². The average Bonchev–Trinajstić information content (AvgIpc) is 3.05. The van der Waals surface area contributed by atoms with Crippen LogP contribution in [0.15, 0.2) is 52.1 Å². The minimum atomic E-state index is 0.150. The fourth-order valence-corrected chi connectivity index (χ4v) is 3.99. The van der Waals surface area contributed by atoms with E-state index in [4.69, 9.17) is 5.11 Å². The maximum atomic E-state index is 8.88. The van der Waals surface area contributed by atoms with Crippen LogP contribution >= 0.6 is 27.7 Å². The number of hydrogen-bond acceptors (Lipinski definition) is 5. The molecule has 2 aromatic carbocycles. The molecule has 3 aromatic rings. The number of hydrogen-bond donors (Lipinski definition) is 2. The second-order valence-electron chi connectivity index (χ2n) is 6.32. The number of aliphatic hydroxyl groups is 1. The first-order chi connectivity index (χ1) is 13.1. The standard InChI is InChI=1S/C20H23BrN4OS/c1-14-11-15(2)13-18(12-14)25-19(16-3-5-17(21)6-4-16)23-24-20(25)27-10-8-22-7-9-26/h3-6,11-13,22,26H,7-10H2,1-2H3. The Balaban J connectivity index is 1.97. The minimum absolute atomic E-state index is 0.150. The summed E-state index contributed by atoms with van der Waals surface area (Å²) in [5.41, 5.74) is 4.51. The average molecular weight is 447 g/mol. The monoisotopic (exact) mass is 446 g/mol. The van der Waals surface area contributed by atoms with Gasteiger partial charge in [-0.1, -0.05) is 45.9 Å². The van der Waals surface area contributed by atoms with Gasteiger partial charge in [0.15, 0.2) is 11.0 Å². The van der Waals surface area contributed by atoms with Gasteiger partial charge >= 0.3 is 0 Å². The van der Waals surface area contributed by atoms with Gasteiger partial charge in [-0.3, -0.25) is 4.57 Å². The van der Waals surface area contributed by atoms with Crippen LogP contribution in [0.5, 0.6) is 0 Å². The molecular weight excluding hydrogens is 424 g/mol. The summed E-state index contributed by atoms with van der Waals surface area (Å²) in [6, 6.07) is 14.6. The Labute approximate surface area is 172 Å². The Morgan fingerprint density at radius 3 is 2.41 bits per heavy atom. The number of rotatable bonds is 8. The number of halogens is 1. The van der Waals surface area contributed by atoms with Gasteiger partial charge in [0.2, 0.25) is 0 Å². The van der Waals surface area contributed by atoms with E-state index in [0.717, 1.165) is 39.0 Å². The van der Waals surface area contributed by atoms with Gasteiger partial charge in [0.25, 0.3) is 0 Å². The molecule has 5 nitrogen and oxygen atoms in total. The molecule has 0 aliphatic heterocycles. The van der Waals surface area contributed by atoms with E-state index in [1.807, 2.05) is 24.3 Å². The van der Waals surface area contributed by atoms with Crippen molar-refractivity contribution in [1.82, 2.24) is 20.1 Å². The van der Waals surface area contributed by atoms with Crippen molar-refractivity contribution < 1.29 is 5.11 Å². The molecule has 3 rings (SSSR count). The Kier molecular flexibility index (Phi) is 7.07. The molecule has 2 N–H and O–H groups in total. The number of aryl methyl sites for hydroxylation is 2. The summed E-state index contributed by atoms with van der Waals surface area (Å²) in [5.74, 6) is 1.68. The van der Waals surface area contributed by atoms with Crippen LogP contribution in [-0.2, 0) is 0 Å². The molecule has 0 saturated carbocycles. The van der Waals surface area contributed by atoms with E-state index in [2.05, 4.69) is 68.1 Å². The van der Waals surface area contributed by atoms with Gasteiger partial charge in [0.05, 0.1) is 12.3 Å². The molecule has 0 atom stereocenters. The van der Waals surface area contributed by atoms with E-state index in [0.29, 0.717) is 6.54 Å². The van der Waals surface area contributed by atoms with Gasteiger partial charge < -0.3 is 10.4 Å². The third-order valence-electron chi connectivity index (χ3n) is 4.00. The SMILES string of the molecule is Cc1cc(C)cc(-n2c(SCCNCCO)nnc2-c2ccc(Br)cc2)c1. The van der Waals surface area contributed by atoms with Gasteiger partial charge in [-0.05, 0) is 49.2 Å². The summed E-state index contributed by atoms with van der Waals surface area (Å²) >= 11 is 5.15. The molecule has 0 unspecified atom stereocenters. The number of nitrogens with zero attached hydrogens (tertiary/aromatic N) is 3. The van der Waals surface area contributed by atoms with Crippen molar-refractivity contribution in [2.24, 2.45) is 0 Å². The van der Waals surface area contributed by atoms with Gasteiger partial charge in [-0.15, -0.1) is 10.2 Å². The van der Waals surface area contributed by atoms with E-state index in [1.165, 1.54) is 11.1 Å². The van der Waals surface area contributed by atoms with Crippen LogP contribution in [0.2, 0.25) is 0 Å². The largest absolute Gasteiger partial charge is 0.395 e. The summed E-state index contributed by atoms with van der Waals surface area (Å²) in [6.07, 6.45) is 0. The number of thioether (sulfide) groups is 1. The molecule has 1 aromatic heterocycles. The zero-order valence-corrected chi connectivity index (χ0v) is 17.8. The first-order valence-electron chi connectivity index (χ1n) is 8.83. The van der Waals surface area contributed by atoms with Crippen LogP contribution in [0.3, 0.4) is 0 Å². The Hall–Kier alpha value is -1.67. The summed E-state index contributed by atoms with van der Waals surface area (Å²) < 4.78 is 3.16. The van der Waals surface area contributed by atoms with E-state index < -0.39 is 0 Å². The van der Waals surface area contributed by atoms with Crippen molar-refractivity contribution >= 4 is 27.7 Å². The normalized spacial score (nSPS) is 11.1. The highest BCUT2D eigenvalue weighted by molar-refractivity contribution is 9.10. The summed E-state index contributed by atoms with van der Waals surface area (Å²) in [4.78, 5) is 0. The molecule has 1 heterocycles. The number of benzene rings is 2. The van der Waals surface area contributed by atoms with Crippen molar-refractivity contribution in [3.8, 4) is 17.1 Å². The molecule has 0 aliphatic carbocycles. The third-order valence-corrected chi connectivity index (χ3v) is 5.46. The van der Waals surface area contributed by atoms with Crippen LogP contribution in [0.25, 0.3) is 17.1 Å². The molecule has 27 heavy (non-hydrogen) atoms. The van der Waals surface area contributed by atoms with Crippen molar-refractivity contribution in [2.75, 3.05) is 25.4 Å². The highest BCUT2D eigenvalue weighted by Crippen LogP contribution is 2.29. The van der Waals surface area contributed by atoms with Crippen molar-refractivity contribution in [1.29, 1.82) is 0 Å². The van der Waals surface area contributed by atoms with E-state index in [-0.39, 0.29) is 6.61 Å². The molecule has 0 radical (unpaired) electrons. The second-order valence-corrected chi connectivity index (χ2v) is 8.29. The zero-order chi connectivity index (χ0) is 19.2. The molecule has 0 saturated heterocycles. The Morgan fingerprint density at radius 2 is 1.74 bits per heavy atom. The van der Waals surface area contributed by atoms with Gasteiger partial charge in [-0.25, -0.2) is 0 Å². The van der Waals surface area contributed by atoms with E-state index in [1.54, 1.807) is 11.8 Å². The second kappa shape index (κ2) is 9.50. The number of aliphatic hydroxyl groups excluding tert-OH is 1. The smallest absolute Gasteiger partial charge is 0.196 e. The predicted molar refractivity (Wildman–Crippen MR) is 115 cm³/mol. The molecule has 0 fully saturated rings. The third kappa shape index (κ3) is 5.19. The maximum Gasteiger partial charge on any atom is 0.196 e. The lowest BCUT2D eigenvalue weighted by Crippen LogP contribution is -2.20. The first kappa shape index (κ1) is 20.1. The van der Waals surface area contributed by atoms with Crippen molar-refractivity contribution in [3.05, 3.63) is 58.1 Å². The molecular formula is C20H23BrN4OS. The van der Waals surface area contributed by atoms with Crippen molar-refractivity contribution in [2.45, 2.75) is 19.0 Å². The fourth-order valence-electron chi connectivity index (χ4n) is 2.88. The van der Waals surface area contributed by atoms with E-state index in [9.17, 15) is 0 Å². The van der Waals surface area contributed by atoms with Crippen LogP contribution in [-0.4, -0.2) is 45.3 Å². The molecule has 0 spiro atoms. The minimum Gasteiger partial charge on any atom is -0.395 e.